The first kappa shape index (κ1) is 19.5. The van der Waals surface area contributed by atoms with Gasteiger partial charge in [-0.2, -0.15) is 26.3 Å². The second-order valence-electron chi connectivity index (χ2n) is 5.29. The maximum Gasteiger partial charge on any atom is 0.416 e. The van der Waals surface area contributed by atoms with E-state index in [4.69, 9.17) is 0 Å². The van der Waals surface area contributed by atoms with Crippen LogP contribution < -0.4 is 0 Å². The van der Waals surface area contributed by atoms with Crippen molar-refractivity contribution in [3.8, 4) is 0 Å². The highest BCUT2D eigenvalue weighted by atomic mass is 19.4. The van der Waals surface area contributed by atoms with Gasteiger partial charge < -0.3 is 0 Å². The van der Waals surface area contributed by atoms with Gasteiger partial charge in [-0.1, -0.05) is 48.6 Å². The van der Waals surface area contributed by atoms with Crippen molar-refractivity contribution in [2.45, 2.75) is 12.4 Å². The second kappa shape index (κ2) is 7.59. The van der Waals surface area contributed by atoms with Crippen LogP contribution in [0.3, 0.4) is 0 Å². The minimum absolute atomic E-state index is 0.0181. The zero-order valence-electron chi connectivity index (χ0n) is 13.1. The fourth-order valence-electron chi connectivity index (χ4n) is 2.07. The van der Waals surface area contributed by atoms with Crippen molar-refractivity contribution in [1.82, 2.24) is 0 Å². The zero-order chi connectivity index (χ0) is 19.4. The lowest BCUT2D eigenvalue weighted by Gasteiger charge is -2.13. The van der Waals surface area contributed by atoms with Crippen molar-refractivity contribution in [2.24, 2.45) is 0 Å². The van der Waals surface area contributed by atoms with E-state index >= 15 is 0 Å². The summed E-state index contributed by atoms with van der Waals surface area (Å²) in [6.45, 7) is 0. The Bertz CT molecular complexity index is 797. The Morgan fingerprint density at radius 1 is 0.769 bits per heavy atom. The van der Waals surface area contributed by atoms with E-state index in [1.54, 1.807) is 30.3 Å². The lowest BCUT2D eigenvalue weighted by Crippen LogP contribution is -2.13. The molecule has 0 atom stereocenters. The molecule has 0 unspecified atom stereocenters. The lowest BCUT2D eigenvalue weighted by molar-refractivity contribution is -0.143. The molecule has 0 bridgehead atoms. The van der Waals surface area contributed by atoms with E-state index in [1.165, 1.54) is 12.2 Å². The molecule has 7 heteroatoms. The Kier molecular flexibility index (Phi) is 5.69. The third kappa shape index (κ3) is 5.34. The van der Waals surface area contributed by atoms with E-state index in [-0.39, 0.29) is 6.07 Å². The Hall–Kier alpha value is -2.83. The molecule has 0 aliphatic heterocycles. The number of halogens is 6. The van der Waals surface area contributed by atoms with E-state index in [0.29, 0.717) is 12.1 Å². The first-order valence-corrected chi connectivity index (χ1v) is 7.31. The fourth-order valence-corrected chi connectivity index (χ4v) is 2.07. The maximum absolute atomic E-state index is 12.8. The molecule has 0 aromatic heterocycles. The Morgan fingerprint density at radius 2 is 1.31 bits per heavy atom. The predicted molar refractivity (Wildman–Crippen MR) is 85.4 cm³/mol. The van der Waals surface area contributed by atoms with Gasteiger partial charge in [0.05, 0.1) is 11.1 Å². The Morgan fingerprint density at radius 3 is 1.81 bits per heavy atom. The summed E-state index contributed by atoms with van der Waals surface area (Å²) in [6, 6.07) is 9.75. The van der Waals surface area contributed by atoms with Crippen LogP contribution in [0.25, 0.3) is 6.08 Å². The number of carbonyl (C=O) groups excluding carboxylic acids is 1. The number of alkyl halides is 6. The van der Waals surface area contributed by atoms with E-state index < -0.39 is 34.8 Å². The number of hydrogen-bond acceptors (Lipinski definition) is 1. The molecule has 0 amide bonds. The van der Waals surface area contributed by atoms with E-state index in [9.17, 15) is 31.1 Å². The van der Waals surface area contributed by atoms with Crippen molar-refractivity contribution < 1.29 is 31.1 Å². The van der Waals surface area contributed by atoms with Crippen molar-refractivity contribution in [1.29, 1.82) is 0 Å². The van der Waals surface area contributed by atoms with Crippen LogP contribution in [0, 0.1) is 0 Å². The zero-order valence-corrected chi connectivity index (χ0v) is 13.1. The van der Waals surface area contributed by atoms with Crippen molar-refractivity contribution >= 4 is 11.9 Å². The SMILES string of the molecule is O=C(/C=C/C=C/c1ccccc1)c1cc(C(F)(F)F)cc(C(F)(F)F)c1. The van der Waals surface area contributed by atoms with Crippen LogP contribution in [-0.4, -0.2) is 5.78 Å². The average molecular weight is 370 g/mol. The first-order valence-electron chi connectivity index (χ1n) is 7.31. The molecule has 136 valence electrons. The van der Waals surface area contributed by atoms with Gasteiger partial charge >= 0.3 is 12.4 Å². The van der Waals surface area contributed by atoms with Gasteiger partial charge in [0.2, 0.25) is 0 Å². The van der Waals surface area contributed by atoms with Crippen LogP contribution in [0.1, 0.15) is 27.0 Å². The monoisotopic (exact) mass is 370 g/mol. The van der Waals surface area contributed by atoms with Crippen LogP contribution in [0.4, 0.5) is 26.3 Å². The molecule has 0 radical (unpaired) electrons. The summed E-state index contributed by atoms with van der Waals surface area (Å²) >= 11 is 0. The molecule has 0 aliphatic carbocycles. The summed E-state index contributed by atoms with van der Waals surface area (Å²) in [5.74, 6) is -0.959. The van der Waals surface area contributed by atoms with Gasteiger partial charge in [0.1, 0.15) is 0 Å². The van der Waals surface area contributed by atoms with Crippen LogP contribution in [0.15, 0.2) is 66.8 Å². The smallest absolute Gasteiger partial charge is 0.289 e. The minimum Gasteiger partial charge on any atom is -0.289 e. The van der Waals surface area contributed by atoms with Crippen LogP contribution >= 0.6 is 0 Å². The molecule has 1 nitrogen and oxygen atoms in total. The largest absolute Gasteiger partial charge is 0.416 e. The highest BCUT2D eigenvalue weighted by Gasteiger charge is 2.37. The molecular formula is C19H12F6O. The lowest BCUT2D eigenvalue weighted by atomic mass is 10.0. The maximum atomic E-state index is 12.8. The van der Waals surface area contributed by atoms with E-state index in [0.717, 1.165) is 11.6 Å². The number of carbonyl (C=O) groups is 1. The quantitative estimate of drug-likeness (QED) is 0.272. The fraction of sp³-hybridized carbons (Fsp3) is 0.105. The molecule has 0 spiro atoms. The number of rotatable bonds is 4. The Labute approximate surface area is 145 Å². The van der Waals surface area contributed by atoms with E-state index in [2.05, 4.69) is 0 Å². The topological polar surface area (TPSA) is 17.1 Å². The molecule has 0 heterocycles. The second-order valence-corrected chi connectivity index (χ2v) is 5.29. The van der Waals surface area contributed by atoms with Gasteiger partial charge in [-0.3, -0.25) is 4.79 Å². The summed E-state index contributed by atoms with van der Waals surface area (Å²) < 4.78 is 76.7. The molecule has 2 aromatic carbocycles. The molecule has 0 saturated heterocycles. The summed E-state index contributed by atoms with van der Waals surface area (Å²) in [6.07, 6.45) is -4.72. The molecule has 0 fully saturated rings. The van der Waals surface area contributed by atoms with Crippen molar-refractivity contribution in [3.05, 3.63) is 89.0 Å². The number of hydrogen-bond donors (Lipinski definition) is 0. The van der Waals surface area contributed by atoms with Gasteiger partial charge in [0, 0.05) is 5.56 Å². The standard InChI is InChI=1S/C19H12F6O/c20-18(21,22)15-10-14(11-16(12-15)19(23,24)25)17(26)9-5-4-8-13-6-2-1-3-7-13/h1-12H/b8-4+,9-5+. The molecule has 0 aliphatic rings. The first-order chi connectivity index (χ1) is 12.1. The van der Waals surface area contributed by atoms with Gasteiger partial charge in [0.15, 0.2) is 5.78 Å². The number of ketones is 1. The van der Waals surface area contributed by atoms with Crippen LogP contribution in [0.5, 0.6) is 0 Å². The molecule has 0 N–H and O–H groups in total. The van der Waals surface area contributed by atoms with Crippen molar-refractivity contribution in [2.75, 3.05) is 0 Å². The van der Waals surface area contributed by atoms with Gasteiger partial charge in [-0.25, -0.2) is 0 Å². The molecular weight excluding hydrogens is 358 g/mol. The number of benzene rings is 2. The summed E-state index contributed by atoms with van der Waals surface area (Å²) in [4.78, 5) is 12.0. The molecule has 0 saturated carbocycles. The van der Waals surface area contributed by atoms with E-state index in [1.807, 2.05) is 6.07 Å². The van der Waals surface area contributed by atoms with Gasteiger partial charge in [0.25, 0.3) is 0 Å². The summed E-state index contributed by atoms with van der Waals surface area (Å²) in [5, 5.41) is 0. The third-order valence-corrected chi connectivity index (χ3v) is 3.32. The highest BCUT2D eigenvalue weighted by Crippen LogP contribution is 2.36. The minimum atomic E-state index is -4.99. The third-order valence-electron chi connectivity index (χ3n) is 3.32. The summed E-state index contributed by atoms with van der Waals surface area (Å²) in [5.41, 5.74) is -2.91. The van der Waals surface area contributed by atoms with Crippen LogP contribution in [-0.2, 0) is 12.4 Å². The molecule has 2 aromatic rings. The normalized spacial score (nSPS) is 12.8. The van der Waals surface area contributed by atoms with Crippen molar-refractivity contribution in [3.63, 3.8) is 0 Å². The highest BCUT2D eigenvalue weighted by molar-refractivity contribution is 6.05. The molecule has 2 rings (SSSR count). The number of allylic oxidation sites excluding steroid dienone is 3. The summed E-state index contributed by atoms with van der Waals surface area (Å²) in [7, 11) is 0. The molecule has 26 heavy (non-hydrogen) atoms. The van der Waals surface area contributed by atoms with Gasteiger partial charge in [-0.05, 0) is 29.8 Å². The van der Waals surface area contributed by atoms with Crippen LogP contribution in [0.2, 0.25) is 0 Å². The van der Waals surface area contributed by atoms with Gasteiger partial charge in [-0.15, -0.1) is 0 Å². The predicted octanol–water partition coefficient (Wildman–Crippen LogP) is 6.18. The average Bonchev–Trinajstić information content (AvgIpc) is 2.57. The Balaban J connectivity index is 2.27.